The van der Waals surface area contributed by atoms with Gasteiger partial charge in [-0.25, -0.2) is 30.7 Å². The van der Waals surface area contributed by atoms with E-state index in [0.29, 0.717) is 13.0 Å². The predicted octanol–water partition coefficient (Wildman–Crippen LogP) is 8.97. The van der Waals surface area contributed by atoms with Crippen LogP contribution in [0.5, 0.6) is 5.75 Å². The maximum absolute atomic E-state index is 14.8. The van der Waals surface area contributed by atoms with Crippen molar-refractivity contribution in [2.45, 2.75) is 45.8 Å². The molecule has 38 heavy (non-hydrogen) atoms. The molecule has 1 fully saturated rings. The van der Waals surface area contributed by atoms with E-state index in [-0.39, 0.29) is 35.7 Å². The zero-order valence-electron chi connectivity index (χ0n) is 20.5. The first-order chi connectivity index (χ1) is 17.9. The summed E-state index contributed by atoms with van der Waals surface area (Å²) in [5.41, 5.74) is -3.39. The van der Waals surface area contributed by atoms with Crippen molar-refractivity contribution in [2.75, 3.05) is 6.61 Å². The topological polar surface area (TPSA) is 18.5 Å². The summed E-state index contributed by atoms with van der Waals surface area (Å²) >= 11 is 0. The largest absolute Gasteiger partial charge is 0.432 e. The van der Waals surface area contributed by atoms with Crippen LogP contribution in [-0.4, -0.2) is 6.61 Å². The molecule has 206 valence electrons. The minimum absolute atomic E-state index is 0.0551. The summed E-state index contributed by atoms with van der Waals surface area (Å²) in [7, 11) is 0. The maximum atomic E-state index is 14.8. The van der Waals surface area contributed by atoms with Crippen molar-refractivity contribution in [2.24, 2.45) is 5.92 Å². The molecule has 1 aliphatic rings. The van der Waals surface area contributed by atoms with Gasteiger partial charge in [-0.3, -0.25) is 0 Å². The van der Waals surface area contributed by atoms with E-state index in [9.17, 15) is 39.5 Å². The first kappa shape index (κ1) is 29.3. The summed E-state index contributed by atoms with van der Waals surface area (Å²) in [5.74, 6) is -13.0. The van der Waals surface area contributed by atoms with Gasteiger partial charge in [-0.05, 0) is 54.2 Å². The number of rotatable bonds is 5. The summed E-state index contributed by atoms with van der Waals surface area (Å²) in [5, 5.41) is 0. The third kappa shape index (κ3) is 6.09. The molecule has 1 heterocycles. The lowest BCUT2D eigenvalue weighted by Gasteiger charge is -2.27. The summed E-state index contributed by atoms with van der Waals surface area (Å²) in [4.78, 5) is 0. The van der Waals surface area contributed by atoms with E-state index in [1.165, 1.54) is 0 Å². The van der Waals surface area contributed by atoms with Gasteiger partial charge in [-0.15, -0.1) is 0 Å². The van der Waals surface area contributed by atoms with E-state index in [0.717, 1.165) is 18.6 Å². The van der Waals surface area contributed by atoms with Crippen molar-refractivity contribution in [3.05, 3.63) is 88.2 Å². The first-order valence-electron chi connectivity index (χ1n) is 11.7. The van der Waals surface area contributed by atoms with Crippen LogP contribution < -0.4 is 4.74 Å². The van der Waals surface area contributed by atoms with Gasteiger partial charge in [0.05, 0.1) is 11.7 Å². The lowest BCUT2D eigenvalue weighted by atomic mass is 9.93. The highest BCUT2D eigenvalue weighted by atomic mass is 19.3. The number of hydrogen-bond donors (Lipinski definition) is 0. The minimum Gasteiger partial charge on any atom is -0.429 e. The van der Waals surface area contributed by atoms with Gasteiger partial charge in [-0.2, -0.15) is 8.78 Å². The zero-order valence-corrected chi connectivity index (χ0v) is 20.5. The van der Waals surface area contributed by atoms with E-state index in [1.54, 1.807) is 0 Å². The van der Waals surface area contributed by atoms with Crippen LogP contribution in [0.4, 0.5) is 39.5 Å². The smallest absolute Gasteiger partial charge is 0.429 e. The second-order valence-corrected chi connectivity index (χ2v) is 8.50. The monoisotopic (exact) mass is 550 g/mol. The second-order valence-electron chi connectivity index (χ2n) is 8.50. The Labute approximate surface area is 213 Å². The van der Waals surface area contributed by atoms with Crippen molar-refractivity contribution in [1.29, 1.82) is 0 Å². The van der Waals surface area contributed by atoms with Crippen molar-refractivity contribution < 1.29 is 49.0 Å². The van der Waals surface area contributed by atoms with Gasteiger partial charge >= 0.3 is 6.11 Å². The van der Waals surface area contributed by atoms with Crippen LogP contribution in [0, 0.1) is 46.6 Å². The molecule has 0 amide bonds. The Bertz CT molecular complexity index is 1230. The average molecular weight is 550 g/mol. The average Bonchev–Trinajstić information content (AvgIpc) is 2.83. The molecule has 3 aromatic carbocycles. The number of alkyl halides is 2. The fourth-order valence-electron chi connectivity index (χ4n) is 3.99. The van der Waals surface area contributed by atoms with E-state index >= 15 is 0 Å². The van der Waals surface area contributed by atoms with E-state index in [4.69, 9.17) is 4.74 Å². The molecule has 2 atom stereocenters. The fourth-order valence-corrected chi connectivity index (χ4v) is 3.99. The van der Waals surface area contributed by atoms with Gasteiger partial charge in [0.2, 0.25) is 0 Å². The molecule has 11 heteroatoms. The molecule has 2 unspecified atom stereocenters. The van der Waals surface area contributed by atoms with Crippen LogP contribution in [0.15, 0.2) is 36.4 Å². The first-order valence-corrected chi connectivity index (χ1v) is 11.7. The molecule has 0 aromatic heterocycles. The van der Waals surface area contributed by atoms with Crippen molar-refractivity contribution >= 4 is 0 Å². The lowest BCUT2D eigenvalue weighted by Crippen LogP contribution is -2.25. The van der Waals surface area contributed by atoms with E-state index in [1.807, 2.05) is 20.8 Å². The zero-order chi connectivity index (χ0) is 28.4. The summed E-state index contributed by atoms with van der Waals surface area (Å²) in [6.07, 6.45) is -4.14. The summed E-state index contributed by atoms with van der Waals surface area (Å²) in [6, 6.07) is 2.53. The van der Waals surface area contributed by atoms with Crippen LogP contribution in [0.3, 0.4) is 0 Å². The Morgan fingerprint density at radius 1 is 0.737 bits per heavy atom. The normalized spacial score (nSPS) is 17.6. The molecule has 0 radical (unpaired) electrons. The van der Waals surface area contributed by atoms with Gasteiger partial charge in [0.15, 0.2) is 17.5 Å². The van der Waals surface area contributed by atoms with E-state index < -0.39 is 75.4 Å². The minimum atomic E-state index is -4.83. The quantitative estimate of drug-likeness (QED) is 0.233. The SMILES string of the molecule is CC.CC1CCC(c2cc(F)c(-c3cc(F)c(C(F)(F)Oc4cc(F)c(F)c(F)c4)c(F)c3)c(F)c2)OC1. The maximum Gasteiger partial charge on any atom is 0.432 e. The number of halogens is 9. The number of ether oxygens (including phenoxy) is 2. The molecule has 0 bridgehead atoms. The van der Waals surface area contributed by atoms with Crippen LogP contribution in [0.2, 0.25) is 0 Å². The van der Waals surface area contributed by atoms with Gasteiger partial charge in [0.1, 0.15) is 34.6 Å². The van der Waals surface area contributed by atoms with Crippen molar-refractivity contribution in [3.8, 4) is 16.9 Å². The van der Waals surface area contributed by atoms with Crippen LogP contribution >= 0.6 is 0 Å². The predicted molar refractivity (Wildman–Crippen MR) is 121 cm³/mol. The fraction of sp³-hybridized carbons (Fsp3) is 0.333. The molecule has 0 N–H and O–H groups in total. The molecule has 3 aromatic rings. The summed E-state index contributed by atoms with van der Waals surface area (Å²) < 4.78 is 137. The lowest BCUT2D eigenvalue weighted by molar-refractivity contribution is -0.189. The van der Waals surface area contributed by atoms with Crippen LogP contribution in [0.1, 0.15) is 50.8 Å². The van der Waals surface area contributed by atoms with Gasteiger partial charge < -0.3 is 9.47 Å². The molecule has 0 saturated carbocycles. The Morgan fingerprint density at radius 3 is 1.74 bits per heavy atom. The Kier molecular flexibility index (Phi) is 9.01. The summed E-state index contributed by atoms with van der Waals surface area (Å²) in [6.45, 7) is 6.35. The van der Waals surface area contributed by atoms with Crippen LogP contribution in [-0.2, 0) is 10.8 Å². The highest BCUT2D eigenvalue weighted by molar-refractivity contribution is 5.66. The molecule has 4 rings (SSSR count). The second kappa shape index (κ2) is 11.7. The third-order valence-corrected chi connectivity index (χ3v) is 5.76. The van der Waals surface area contributed by atoms with Gasteiger partial charge in [-0.1, -0.05) is 20.8 Å². The van der Waals surface area contributed by atoms with Crippen LogP contribution in [0.25, 0.3) is 11.1 Å². The molecule has 1 aliphatic heterocycles. The molecular weight excluding hydrogens is 527 g/mol. The molecule has 0 spiro atoms. The number of benzene rings is 3. The molecular formula is C27H23F9O2. The Balaban J connectivity index is 0.00000195. The van der Waals surface area contributed by atoms with Gasteiger partial charge in [0, 0.05) is 18.7 Å². The highest BCUT2D eigenvalue weighted by Gasteiger charge is 2.42. The highest BCUT2D eigenvalue weighted by Crippen LogP contribution is 2.39. The molecule has 0 aliphatic carbocycles. The molecule has 1 saturated heterocycles. The molecule has 2 nitrogen and oxygen atoms in total. The Hall–Kier alpha value is -3.21. The third-order valence-electron chi connectivity index (χ3n) is 5.76. The van der Waals surface area contributed by atoms with Crippen molar-refractivity contribution in [1.82, 2.24) is 0 Å². The van der Waals surface area contributed by atoms with Crippen molar-refractivity contribution in [3.63, 3.8) is 0 Å². The number of hydrogen-bond acceptors (Lipinski definition) is 2. The van der Waals surface area contributed by atoms with E-state index in [2.05, 4.69) is 4.74 Å². The Morgan fingerprint density at radius 2 is 1.26 bits per heavy atom. The van der Waals surface area contributed by atoms with Gasteiger partial charge in [0.25, 0.3) is 0 Å². The standard InChI is InChI=1S/C25H17F9O2.C2H6/c1-11-2-3-21(35-10-11)12-4-15(26)22(16(27)5-12)13-6-17(28)23(18(29)7-13)25(33,34)36-14-8-19(30)24(32)20(31)9-14;1-2/h4-9,11,21H,2-3,10H2,1H3;1-2H3.